The molecule has 4 rings (SSSR count). The largest absolute Gasteiger partial charge is 0.468 e. The first-order valence-electron chi connectivity index (χ1n) is 10.8. The van der Waals surface area contributed by atoms with Crippen molar-refractivity contribution in [2.45, 2.75) is 13.1 Å². The number of hydrogen-bond donors (Lipinski definition) is 0. The fourth-order valence-electron chi connectivity index (χ4n) is 3.71. The molecular formula is C24H27N3O4S2. The molecule has 0 N–H and O–H groups in total. The van der Waals surface area contributed by atoms with E-state index < -0.39 is 10.0 Å². The Balaban J connectivity index is 1.33. The van der Waals surface area contributed by atoms with Gasteiger partial charge in [0.1, 0.15) is 5.76 Å². The van der Waals surface area contributed by atoms with Gasteiger partial charge in [-0.15, -0.1) is 11.3 Å². The van der Waals surface area contributed by atoms with Gasteiger partial charge in [-0.1, -0.05) is 36.4 Å². The molecule has 33 heavy (non-hydrogen) atoms. The summed E-state index contributed by atoms with van der Waals surface area (Å²) in [6.45, 7) is 2.78. The summed E-state index contributed by atoms with van der Waals surface area (Å²) >= 11 is 1.66. The van der Waals surface area contributed by atoms with Gasteiger partial charge in [0, 0.05) is 43.0 Å². The summed E-state index contributed by atoms with van der Waals surface area (Å²) in [6.07, 6.45) is 3.23. The normalized spacial score (nSPS) is 15.5. The maximum absolute atomic E-state index is 13.0. The lowest BCUT2D eigenvalue weighted by atomic mass is 10.2. The molecule has 7 nitrogen and oxygen atoms in total. The Hall–Kier alpha value is -2.72. The second kappa shape index (κ2) is 10.9. The highest BCUT2D eigenvalue weighted by atomic mass is 32.2. The summed E-state index contributed by atoms with van der Waals surface area (Å²) in [5, 5.41) is 3.26. The van der Waals surface area contributed by atoms with Crippen LogP contribution in [0.3, 0.4) is 0 Å². The maximum atomic E-state index is 13.0. The molecule has 1 fully saturated rings. The van der Waals surface area contributed by atoms with E-state index in [-0.39, 0.29) is 25.5 Å². The molecule has 2 aromatic heterocycles. The summed E-state index contributed by atoms with van der Waals surface area (Å²) in [6, 6.07) is 17.1. The lowest BCUT2D eigenvalue weighted by Gasteiger charge is -2.34. The summed E-state index contributed by atoms with van der Waals surface area (Å²) in [5.74, 6) is 0.801. The number of piperazine rings is 1. The molecule has 3 aromatic rings. The average Bonchev–Trinajstić information content (AvgIpc) is 3.53. The van der Waals surface area contributed by atoms with Crippen molar-refractivity contribution in [1.82, 2.24) is 14.1 Å². The SMILES string of the molecule is O=C(CN(Cc1ccco1)Cc1cccs1)N1CCN(S(=O)(=O)C=Cc2ccccc2)CC1. The van der Waals surface area contributed by atoms with Gasteiger partial charge in [0.15, 0.2) is 0 Å². The van der Waals surface area contributed by atoms with Crippen LogP contribution in [0.15, 0.2) is 76.1 Å². The van der Waals surface area contributed by atoms with Crippen molar-refractivity contribution in [2.24, 2.45) is 0 Å². The van der Waals surface area contributed by atoms with Gasteiger partial charge >= 0.3 is 0 Å². The molecule has 1 aliphatic heterocycles. The lowest BCUT2D eigenvalue weighted by molar-refractivity contribution is -0.133. The molecule has 1 aromatic carbocycles. The summed E-state index contributed by atoms with van der Waals surface area (Å²) in [5.41, 5.74) is 0.831. The quantitative estimate of drug-likeness (QED) is 0.464. The second-order valence-electron chi connectivity index (χ2n) is 7.84. The number of nitrogens with zero attached hydrogens (tertiary/aromatic N) is 3. The summed E-state index contributed by atoms with van der Waals surface area (Å²) < 4.78 is 32.3. The third kappa shape index (κ3) is 6.64. The highest BCUT2D eigenvalue weighted by molar-refractivity contribution is 7.92. The number of hydrogen-bond acceptors (Lipinski definition) is 6. The van der Waals surface area contributed by atoms with Gasteiger partial charge < -0.3 is 9.32 Å². The predicted molar refractivity (Wildman–Crippen MR) is 130 cm³/mol. The Morgan fingerprint density at radius 3 is 2.45 bits per heavy atom. The maximum Gasteiger partial charge on any atom is 0.236 e. The molecule has 0 aliphatic carbocycles. The topological polar surface area (TPSA) is 74.1 Å². The molecule has 0 unspecified atom stereocenters. The van der Waals surface area contributed by atoms with Crippen LogP contribution in [0.4, 0.5) is 0 Å². The fourth-order valence-corrected chi connectivity index (χ4v) is 5.63. The van der Waals surface area contributed by atoms with Crippen LogP contribution in [-0.2, 0) is 27.9 Å². The first-order chi connectivity index (χ1) is 16.0. The number of carbonyl (C=O) groups is 1. The van der Waals surface area contributed by atoms with Crippen LogP contribution in [0.5, 0.6) is 0 Å². The van der Waals surface area contributed by atoms with Crippen molar-refractivity contribution in [3.63, 3.8) is 0 Å². The summed E-state index contributed by atoms with van der Waals surface area (Å²) in [4.78, 5) is 18.0. The van der Waals surface area contributed by atoms with E-state index in [2.05, 4.69) is 11.0 Å². The zero-order chi connectivity index (χ0) is 23.1. The third-order valence-electron chi connectivity index (χ3n) is 5.46. The molecule has 9 heteroatoms. The van der Waals surface area contributed by atoms with Crippen LogP contribution in [0, 0.1) is 0 Å². The Bertz CT molecular complexity index is 1100. The Morgan fingerprint density at radius 1 is 1.00 bits per heavy atom. The smallest absolute Gasteiger partial charge is 0.236 e. The Morgan fingerprint density at radius 2 is 1.79 bits per heavy atom. The van der Waals surface area contributed by atoms with E-state index >= 15 is 0 Å². The lowest BCUT2D eigenvalue weighted by Crippen LogP contribution is -2.52. The molecule has 174 valence electrons. The number of carbonyl (C=O) groups excluding carboxylic acids is 1. The molecular weight excluding hydrogens is 458 g/mol. The van der Waals surface area contributed by atoms with Crippen molar-refractivity contribution in [2.75, 3.05) is 32.7 Å². The van der Waals surface area contributed by atoms with Gasteiger partial charge in [-0.05, 0) is 35.2 Å². The predicted octanol–water partition coefficient (Wildman–Crippen LogP) is 3.49. The van der Waals surface area contributed by atoms with Crippen LogP contribution in [-0.4, -0.2) is 61.2 Å². The van der Waals surface area contributed by atoms with Gasteiger partial charge in [0.2, 0.25) is 15.9 Å². The van der Waals surface area contributed by atoms with Crippen molar-refractivity contribution in [3.8, 4) is 0 Å². The fraction of sp³-hybridized carbons (Fsp3) is 0.292. The van der Waals surface area contributed by atoms with E-state index in [1.165, 1.54) is 14.6 Å². The molecule has 3 heterocycles. The number of thiophene rings is 1. The van der Waals surface area contributed by atoms with Crippen LogP contribution in [0.2, 0.25) is 0 Å². The Labute approximate surface area is 198 Å². The molecule has 1 aliphatic rings. The molecule has 0 bridgehead atoms. The first-order valence-corrected chi connectivity index (χ1v) is 13.2. The number of furan rings is 1. The minimum atomic E-state index is -3.53. The number of benzene rings is 1. The highest BCUT2D eigenvalue weighted by Gasteiger charge is 2.28. The molecule has 1 saturated heterocycles. The zero-order valence-corrected chi connectivity index (χ0v) is 19.9. The van der Waals surface area contributed by atoms with Gasteiger partial charge in [0.05, 0.1) is 19.4 Å². The van der Waals surface area contributed by atoms with Crippen LogP contribution < -0.4 is 0 Å². The van der Waals surface area contributed by atoms with Gasteiger partial charge in [-0.2, -0.15) is 4.31 Å². The second-order valence-corrected chi connectivity index (χ2v) is 10.7. The molecule has 0 spiro atoms. The summed E-state index contributed by atoms with van der Waals surface area (Å²) in [7, 11) is -3.53. The first kappa shape index (κ1) is 23.4. The van der Waals surface area contributed by atoms with Crippen molar-refractivity contribution in [1.29, 1.82) is 0 Å². The van der Waals surface area contributed by atoms with Crippen molar-refractivity contribution < 1.29 is 17.6 Å². The van der Waals surface area contributed by atoms with E-state index in [9.17, 15) is 13.2 Å². The van der Waals surface area contributed by atoms with E-state index in [0.717, 1.165) is 11.3 Å². The van der Waals surface area contributed by atoms with E-state index in [1.54, 1.807) is 28.6 Å². The Kier molecular flexibility index (Phi) is 7.77. The highest BCUT2D eigenvalue weighted by Crippen LogP contribution is 2.16. The van der Waals surface area contributed by atoms with E-state index in [0.29, 0.717) is 26.2 Å². The van der Waals surface area contributed by atoms with Gasteiger partial charge in [-0.3, -0.25) is 9.69 Å². The standard InChI is InChI=1S/C24H27N3O4S2/c28-24(20-25(18-22-8-4-15-31-22)19-23-9-5-16-32-23)26-11-13-27(14-12-26)33(29,30)17-10-21-6-2-1-3-7-21/h1-10,15-17H,11-14,18-20H2. The zero-order valence-electron chi connectivity index (χ0n) is 18.2. The monoisotopic (exact) mass is 485 g/mol. The van der Waals surface area contributed by atoms with Gasteiger partial charge in [0.25, 0.3) is 0 Å². The van der Waals surface area contributed by atoms with E-state index in [1.807, 2.05) is 53.9 Å². The average molecular weight is 486 g/mol. The molecule has 1 amide bonds. The van der Waals surface area contributed by atoms with E-state index in [4.69, 9.17) is 4.42 Å². The molecule has 0 radical (unpaired) electrons. The van der Waals surface area contributed by atoms with Crippen LogP contribution in [0.1, 0.15) is 16.2 Å². The number of amides is 1. The number of rotatable bonds is 9. The van der Waals surface area contributed by atoms with Crippen molar-refractivity contribution >= 4 is 33.3 Å². The minimum Gasteiger partial charge on any atom is -0.468 e. The third-order valence-corrected chi connectivity index (χ3v) is 7.89. The van der Waals surface area contributed by atoms with Crippen molar-refractivity contribution in [3.05, 3.63) is 87.8 Å². The minimum absolute atomic E-state index is 0.00464. The number of sulfonamides is 1. The van der Waals surface area contributed by atoms with Crippen LogP contribution >= 0.6 is 11.3 Å². The molecule has 0 saturated carbocycles. The van der Waals surface area contributed by atoms with Crippen LogP contribution in [0.25, 0.3) is 6.08 Å². The van der Waals surface area contributed by atoms with Gasteiger partial charge in [-0.25, -0.2) is 8.42 Å². The molecule has 0 atom stereocenters.